The van der Waals surface area contributed by atoms with Gasteiger partial charge in [-0.15, -0.1) is 0 Å². The molecule has 4 heteroatoms. The second kappa shape index (κ2) is 7.99. The number of likely N-dealkylation sites (N-methyl/N-ethyl adjacent to an activating group) is 1. The number of hydrogen-bond acceptors (Lipinski definition) is 4. The first-order chi connectivity index (χ1) is 6.28. The van der Waals surface area contributed by atoms with Gasteiger partial charge in [0.2, 0.25) is 0 Å². The van der Waals surface area contributed by atoms with Gasteiger partial charge in [0, 0.05) is 13.7 Å². The molecule has 2 N–H and O–H groups in total. The predicted octanol–water partition coefficient (Wildman–Crippen LogP) is 0.460. The van der Waals surface area contributed by atoms with E-state index in [1.807, 2.05) is 7.05 Å². The van der Waals surface area contributed by atoms with Gasteiger partial charge in [0.15, 0.2) is 0 Å². The monoisotopic (exact) mass is 185 g/mol. The smallest absolute Gasteiger partial charge is 0.121 e. The van der Waals surface area contributed by atoms with Crippen LogP contribution in [0.2, 0.25) is 0 Å². The summed E-state index contributed by atoms with van der Waals surface area (Å²) in [6.07, 6.45) is 1.78. The SMILES string of the molecule is CCCC(C#N)NC(CNC)OC. The fourth-order valence-electron chi connectivity index (χ4n) is 1.09. The molecule has 0 amide bonds. The Morgan fingerprint density at radius 2 is 2.23 bits per heavy atom. The molecule has 0 rings (SSSR count). The summed E-state index contributed by atoms with van der Waals surface area (Å²) in [5.74, 6) is 0. The lowest BCUT2D eigenvalue weighted by Gasteiger charge is -2.19. The Bertz CT molecular complexity index is 155. The van der Waals surface area contributed by atoms with Crippen molar-refractivity contribution in [3.05, 3.63) is 0 Å². The average molecular weight is 185 g/mol. The van der Waals surface area contributed by atoms with Crippen molar-refractivity contribution in [2.75, 3.05) is 20.7 Å². The minimum absolute atomic E-state index is 0.0822. The number of rotatable bonds is 7. The van der Waals surface area contributed by atoms with Gasteiger partial charge in [0.25, 0.3) is 0 Å². The third-order valence-corrected chi connectivity index (χ3v) is 1.79. The number of nitrogens with zero attached hydrogens (tertiary/aromatic N) is 1. The number of hydrogen-bond donors (Lipinski definition) is 2. The lowest BCUT2D eigenvalue weighted by atomic mass is 10.2. The summed E-state index contributed by atoms with van der Waals surface area (Å²) < 4.78 is 5.14. The van der Waals surface area contributed by atoms with Crippen LogP contribution in [0.3, 0.4) is 0 Å². The van der Waals surface area contributed by atoms with E-state index in [2.05, 4.69) is 23.6 Å². The minimum Gasteiger partial charge on any atom is -0.365 e. The molecule has 0 aromatic carbocycles. The molecule has 0 bridgehead atoms. The highest BCUT2D eigenvalue weighted by Crippen LogP contribution is 1.96. The number of nitrogens with one attached hydrogen (secondary N) is 2. The molecule has 2 unspecified atom stereocenters. The average Bonchev–Trinajstić information content (AvgIpc) is 2.16. The Hall–Kier alpha value is -0.630. The minimum atomic E-state index is -0.108. The van der Waals surface area contributed by atoms with Gasteiger partial charge >= 0.3 is 0 Å². The van der Waals surface area contributed by atoms with E-state index >= 15 is 0 Å². The fraction of sp³-hybridized carbons (Fsp3) is 0.889. The molecule has 0 aromatic rings. The van der Waals surface area contributed by atoms with E-state index in [0.717, 1.165) is 12.8 Å². The summed E-state index contributed by atoms with van der Waals surface area (Å²) in [6.45, 7) is 2.77. The van der Waals surface area contributed by atoms with E-state index in [0.29, 0.717) is 6.54 Å². The molecule has 0 heterocycles. The van der Waals surface area contributed by atoms with Crippen LogP contribution in [0.25, 0.3) is 0 Å². The van der Waals surface area contributed by atoms with Crippen LogP contribution in [0.4, 0.5) is 0 Å². The normalized spacial score (nSPS) is 14.9. The highest BCUT2D eigenvalue weighted by Gasteiger charge is 2.12. The zero-order valence-corrected chi connectivity index (χ0v) is 8.63. The van der Waals surface area contributed by atoms with Crippen LogP contribution in [0.5, 0.6) is 0 Å². The van der Waals surface area contributed by atoms with Crippen LogP contribution in [-0.2, 0) is 4.74 Å². The zero-order chi connectivity index (χ0) is 10.1. The molecule has 2 atom stereocenters. The summed E-state index contributed by atoms with van der Waals surface area (Å²) in [4.78, 5) is 0. The highest BCUT2D eigenvalue weighted by molar-refractivity contribution is 4.90. The quantitative estimate of drug-likeness (QED) is 0.566. The second-order valence-electron chi connectivity index (χ2n) is 2.92. The van der Waals surface area contributed by atoms with Crippen LogP contribution in [-0.4, -0.2) is 33.0 Å². The van der Waals surface area contributed by atoms with Gasteiger partial charge in [-0.05, 0) is 13.5 Å². The van der Waals surface area contributed by atoms with Gasteiger partial charge in [-0.3, -0.25) is 5.32 Å². The summed E-state index contributed by atoms with van der Waals surface area (Å²) in [5, 5.41) is 14.9. The molecule has 13 heavy (non-hydrogen) atoms. The second-order valence-corrected chi connectivity index (χ2v) is 2.92. The summed E-state index contributed by atoms with van der Waals surface area (Å²) >= 11 is 0. The third kappa shape index (κ3) is 5.58. The van der Waals surface area contributed by atoms with E-state index < -0.39 is 0 Å². The van der Waals surface area contributed by atoms with E-state index in [9.17, 15) is 0 Å². The number of nitriles is 1. The van der Waals surface area contributed by atoms with Crippen molar-refractivity contribution in [3.8, 4) is 6.07 Å². The Kier molecular flexibility index (Phi) is 7.60. The van der Waals surface area contributed by atoms with Gasteiger partial charge in [-0.25, -0.2) is 0 Å². The van der Waals surface area contributed by atoms with Gasteiger partial charge < -0.3 is 10.1 Å². The molecule has 0 radical (unpaired) electrons. The Balaban J connectivity index is 3.82. The van der Waals surface area contributed by atoms with Crippen LogP contribution in [0.1, 0.15) is 19.8 Å². The predicted molar refractivity (Wildman–Crippen MR) is 52.2 cm³/mol. The van der Waals surface area contributed by atoms with Crippen molar-refractivity contribution in [1.82, 2.24) is 10.6 Å². The van der Waals surface area contributed by atoms with Gasteiger partial charge in [0.1, 0.15) is 6.23 Å². The van der Waals surface area contributed by atoms with Gasteiger partial charge in [-0.1, -0.05) is 13.3 Å². The van der Waals surface area contributed by atoms with Crippen LogP contribution < -0.4 is 10.6 Å². The summed E-state index contributed by atoms with van der Waals surface area (Å²) in [7, 11) is 3.49. The maximum Gasteiger partial charge on any atom is 0.121 e. The lowest BCUT2D eigenvalue weighted by molar-refractivity contribution is 0.0690. The number of methoxy groups -OCH3 is 1. The van der Waals surface area contributed by atoms with Gasteiger partial charge in [0.05, 0.1) is 12.1 Å². The van der Waals surface area contributed by atoms with Crippen LogP contribution >= 0.6 is 0 Å². The first-order valence-electron chi connectivity index (χ1n) is 4.61. The van der Waals surface area contributed by atoms with Crippen molar-refractivity contribution in [2.24, 2.45) is 0 Å². The van der Waals surface area contributed by atoms with Gasteiger partial charge in [-0.2, -0.15) is 5.26 Å². The molecular weight excluding hydrogens is 166 g/mol. The molecule has 0 fully saturated rings. The van der Waals surface area contributed by atoms with Crippen molar-refractivity contribution in [2.45, 2.75) is 32.0 Å². The Morgan fingerprint density at radius 1 is 1.54 bits per heavy atom. The first kappa shape index (κ1) is 12.4. The summed E-state index contributed by atoms with van der Waals surface area (Å²) in [5.41, 5.74) is 0. The molecule has 0 aliphatic heterocycles. The maximum atomic E-state index is 8.78. The number of ether oxygens (including phenoxy) is 1. The molecule has 0 aliphatic rings. The highest BCUT2D eigenvalue weighted by atomic mass is 16.5. The van der Waals surface area contributed by atoms with Crippen LogP contribution in [0, 0.1) is 11.3 Å². The third-order valence-electron chi connectivity index (χ3n) is 1.79. The zero-order valence-electron chi connectivity index (χ0n) is 8.63. The fourth-order valence-corrected chi connectivity index (χ4v) is 1.09. The molecule has 0 saturated heterocycles. The standard InChI is InChI=1S/C9H19N3O/c1-4-5-8(6-10)12-9(13-3)7-11-2/h8-9,11-12H,4-5,7H2,1-3H3. The van der Waals surface area contributed by atoms with Crippen LogP contribution in [0.15, 0.2) is 0 Å². The molecule has 4 nitrogen and oxygen atoms in total. The molecule has 0 spiro atoms. The molecule has 0 aromatic heterocycles. The first-order valence-corrected chi connectivity index (χ1v) is 4.61. The Morgan fingerprint density at radius 3 is 2.62 bits per heavy atom. The van der Waals surface area contributed by atoms with E-state index in [-0.39, 0.29) is 12.3 Å². The maximum absolute atomic E-state index is 8.78. The summed E-state index contributed by atoms with van der Waals surface area (Å²) in [6, 6.07) is 2.10. The van der Waals surface area contributed by atoms with Crippen molar-refractivity contribution in [1.29, 1.82) is 5.26 Å². The Labute approximate surface area is 80.3 Å². The van der Waals surface area contributed by atoms with Crippen molar-refractivity contribution < 1.29 is 4.74 Å². The topological polar surface area (TPSA) is 57.1 Å². The largest absolute Gasteiger partial charge is 0.365 e. The van der Waals surface area contributed by atoms with Crippen molar-refractivity contribution in [3.63, 3.8) is 0 Å². The van der Waals surface area contributed by atoms with E-state index in [1.54, 1.807) is 7.11 Å². The molecule has 0 saturated carbocycles. The lowest BCUT2D eigenvalue weighted by Crippen LogP contribution is -2.44. The molecular formula is C9H19N3O. The molecule has 76 valence electrons. The molecule has 0 aliphatic carbocycles. The van der Waals surface area contributed by atoms with E-state index in [4.69, 9.17) is 10.00 Å². The van der Waals surface area contributed by atoms with E-state index in [1.165, 1.54) is 0 Å². The van der Waals surface area contributed by atoms with Crippen molar-refractivity contribution >= 4 is 0 Å².